The van der Waals surface area contributed by atoms with Crippen LogP contribution in [0.5, 0.6) is 0 Å². The first-order chi connectivity index (χ1) is 7.88. The Hall–Kier alpha value is -1.31. The Morgan fingerprint density at radius 3 is 2.35 bits per heavy atom. The molecule has 0 aliphatic carbocycles. The van der Waals surface area contributed by atoms with Crippen molar-refractivity contribution in [1.82, 2.24) is 0 Å². The molecule has 0 radical (unpaired) electrons. The summed E-state index contributed by atoms with van der Waals surface area (Å²) in [6.07, 6.45) is 0.317. The van der Waals surface area contributed by atoms with Crippen molar-refractivity contribution in [3.05, 3.63) is 39.9 Å². The van der Waals surface area contributed by atoms with Crippen LogP contribution in [0.1, 0.15) is 5.56 Å². The molecule has 0 aliphatic rings. The van der Waals surface area contributed by atoms with Crippen molar-refractivity contribution in [2.75, 3.05) is 6.61 Å². The summed E-state index contributed by atoms with van der Waals surface area (Å²) in [4.78, 5) is 30.7. The Balaban J connectivity index is 2.38. The number of nitrogens with zero attached hydrogens (tertiary/aromatic N) is 1. The SMILES string of the molecule is O=[N+]([O-])c1ccc(CCOOP(=O)(O)O)cc1. The summed E-state index contributed by atoms with van der Waals surface area (Å²) in [7, 11) is -4.62. The third-order valence-corrected chi connectivity index (χ3v) is 2.07. The molecule has 0 heterocycles. The molecule has 1 rings (SSSR count). The minimum Gasteiger partial charge on any atom is -0.301 e. The van der Waals surface area contributed by atoms with Gasteiger partial charge in [0.2, 0.25) is 0 Å². The lowest BCUT2D eigenvalue weighted by atomic mass is 10.1. The Morgan fingerprint density at radius 1 is 1.29 bits per heavy atom. The Bertz CT molecular complexity index is 426. The molecule has 0 saturated carbocycles. The standard InChI is InChI=1S/C8H10NO7P/c10-9(11)8-3-1-7(2-4-8)5-6-15-16-17(12,13)14/h1-4H,5-6H2,(H2,12,13,14). The summed E-state index contributed by atoms with van der Waals surface area (Å²) >= 11 is 0. The van der Waals surface area contributed by atoms with E-state index in [0.717, 1.165) is 5.56 Å². The number of hydrogen-bond acceptors (Lipinski definition) is 5. The van der Waals surface area contributed by atoms with E-state index in [2.05, 4.69) is 9.56 Å². The molecule has 0 spiro atoms. The van der Waals surface area contributed by atoms with Crippen LogP contribution in [0.3, 0.4) is 0 Å². The molecule has 1 aromatic carbocycles. The van der Waals surface area contributed by atoms with Crippen molar-refractivity contribution in [1.29, 1.82) is 0 Å². The smallest absolute Gasteiger partial charge is 0.301 e. The topological polar surface area (TPSA) is 119 Å². The predicted molar refractivity (Wildman–Crippen MR) is 55.9 cm³/mol. The normalized spacial score (nSPS) is 11.4. The molecule has 0 aliphatic heterocycles. The summed E-state index contributed by atoms with van der Waals surface area (Å²) in [5.74, 6) is 0. The highest BCUT2D eigenvalue weighted by Gasteiger charge is 2.14. The maximum Gasteiger partial charge on any atom is 0.496 e. The van der Waals surface area contributed by atoms with Crippen LogP contribution in [-0.2, 0) is 20.5 Å². The number of nitro benzene ring substituents is 1. The first-order valence-electron chi connectivity index (χ1n) is 4.48. The van der Waals surface area contributed by atoms with Gasteiger partial charge in [-0.25, -0.2) is 9.45 Å². The van der Waals surface area contributed by atoms with Gasteiger partial charge in [0.1, 0.15) is 0 Å². The van der Waals surface area contributed by atoms with Gasteiger partial charge in [0.25, 0.3) is 5.69 Å². The fourth-order valence-electron chi connectivity index (χ4n) is 1.05. The van der Waals surface area contributed by atoms with Crippen molar-refractivity contribution in [3.63, 3.8) is 0 Å². The molecule has 0 fully saturated rings. The van der Waals surface area contributed by atoms with Crippen molar-refractivity contribution in [3.8, 4) is 0 Å². The zero-order valence-corrected chi connectivity index (χ0v) is 9.45. The minimum atomic E-state index is -4.62. The van der Waals surface area contributed by atoms with Crippen molar-refractivity contribution in [2.24, 2.45) is 0 Å². The van der Waals surface area contributed by atoms with E-state index in [1.807, 2.05) is 0 Å². The number of benzene rings is 1. The molecule has 0 atom stereocenters. The number of nitro groups is 1. The lowest BCUT2D eigenvalue weighted by Gasteiger charge is -2.04. The molecule has 17 heavy (non-hydrogen) atoms. The van der Waals surface area contributed by atoms with Crippen molar-refractivity contribution < 1.29 is 28.8 Å². The largest absolute Gasteiger partial charge is 0.496 e. The average Bonchev–Trinajstić information content (AvgIpc) is 2.24. The van der Waals surface area contributed by atoms with Gasteiger partial charge in [-0.05, 0) is 12.0 Å². The molecular formula is C8H10NO7P. The second-order valence-corrected chi connectivity index (χ2v) is 4.19. The predicted octanol–water partition coefficient (Wildman–Crippen LogP) is 1.18. The van der Waals surface area contributed by atoms with Gasteiger partial charge < -0.3 is 9.79 Å². The third-order valence-electron chi connectivity index (χ3n) is 1.77. The van der Waals surface area contributed by atoms with Gasteiger partial charge in [-0.1, -0.05) is 12.1 Å². The molecule has 0 bridgehead atoms. The summed E-state index contributed by atoms with van der Waals surface area (Å²) in [6.45, 7) is -0.0665. The lowest BCUT2D eigenvalue weighted by Crippen LogP contribution is -1.99. The van der Waals surface area contributed by atoms with E-state index in [0.29, 0.717) is 6.42 Å². The lowest BCUT2D eigenvalue weighted by molar-refractivity contribution is -0.384. The highest BCUT2D eigenvalue weighted by molar-refractivity contribution is 7.46. The van der Waals surface area contributed by atoms with E-state index in [1.165, 1.54) is 24.3 Å². The van der Waals surface area contributed by atoms with Crippen LogP contribution >= 0.6 is 7.82 Å². The summed E-state index contributed by atoms with van der Waals surface area (Å²) in [6, 6.07) is 5.72. The van der Waals surface area contributed by atoms with Crippen LogP contribution in [0.2, 0.25) is 0 Å². The van der Waals surface area contributed by atoms with E-state index in [4.69, 9.17) is 9.79 Å². The fourth-order valence-corrected chi connectivity index (χ4v) is 1.26. The van der Waals surface area contributed by atoms with Gasteiger partial charge in [-0.3, -0.25) is 10.1 Å². The number of hydrogen-bond donors (Lipinski definition) is 2. The fraction of sp³-hybridized carbons (Fsp3) is 0.250. The first-order valence-corrected chi connectivity index (χ1v) is 6.01. The third kappa shape index (κ3) is 5.53. The summed E-state index contributed by atoms with van der Waals surface area (Å²) in [5.41, 5.74) is 0.700. The molecule has 1 aromatic rings. The molecule has 94 valence electrons. The van der Waals surface area contributed by atoms with Crippen LogP contribution in [0, 0.1) is 10.1 Å². The quantitative estimate of drug-likeness (QED) is 0.260. The van der Waals surface area contributed by atoms with Gasteiger partial charge in [-0.2, -0.15) is 0 Å². The summed E-state index contributed by atoms with van der Waals surface area (Å²) in [5, 5.41) is 10.4. The summed E-state index contributed by atoms with van der Waals surface area (Å²) < 4.78 is 14.0. The van der Waals surface area contributed by atoms with E-state index in [9.17, 15) is 14.7 Å². The Kier molecular flexibility index (Phi) is 4.73. The van der Waals surface area contributed by atoms with Crippen LogP contribution in [0.4, 0.5) is 5.69 Å². The van der Waals surface area contributed by atoms with Crippen LogP contribution in [0.15, 0.2) is 24.3 Å². The first kappa shape index (κ1) is 13.8. The van der Waals surface area contributed by atoms with Crippen LogP contribution in [0.25, 0.3) is 0 Å². The van der Waals surface area contributed by atoms with E-state index in [1.54, 1.807) is 0 Å². The monoisotopic (exact) mass is 263 g/mol. The van der Waals surface area contributed by atoms with Gasteiger partial charge >= 0.3 is 7.82 Å². The van der Waals surface area contributed by atoms with Crippen LogP contribution in [-0.4, -0.2) is 21.3 Å². The van der Waals surface area contributed by atoms with Crippen molar-refractivity contribution >= 4 is 13.5 Å². The number of phosphoric acid groups is 1. The van der Waals surface area contributed by atoms with E-state index >= 15 is 0 Å². The number of rotatable bonds is 6. The maximum atomic E-state index is 10.4. The van der Waals surface area contributed by atoms with Crippen LogP contribution < -0.4 is 0 Å². The van der Waals surface area contributed by atoms with Gasteiger partial charge in [-0.15, -0.1) is 4.67 Å². The second-order valence-electron chi connectivity index (χ2n) is 3.06. The number of non-ortho nitro benzene ring substituents is 1. The van der Waals surface area contributed by atoms with Gasteiger partial charge in [0, 0.05) is 12.1 Å². The Morgan fingerprint density at radius 2 is 1.88 bits per heavy atom. The second kappa shape index (κ2) is 5.85. The highest BCUT2D eigenvalue weighted by atomic mass is 31.2. The molecule has 0 aromatic heterocycles. The molecular weight excluding hydrogens is 253 g/mol. The zero-order chi connectivity index (χ0) is 12.9. The average molecular weight is 263 g/mol. The zero-order valence-electron chi connectivity index (χ0n) is 8.55. The van der Waals surface area contributed by atoms with Gasteiger partial charge in [0.15, 0.2) is 0 Å². The minimum absolute atomic E-state index is 0.0267. The highest BCUT2D eigenvalue weighted by Crippen LogP contribution is 2.35. The molecule has 9 heteroatoms. The Labute approximate surface area is 96.1 Å². The molecule has 0 amide bonds. The molecule has 0 saturated heterocycles. The molecule has 0 unspecified atom stereocenters. The van der Waals surface area contributed by atoms with Gasteiger partial charge in [0.05, 0.1) is 11.5 Å². The maximum absolute atomic E-state index is 10.4. The van der Waals surface area contributed by atoms with Crippen molar-refractivity contribution in [2.45, 2.75) is 6.42 Å². The molecule has 8 nitrogen and oxygen atoms in total. The van der Waals surface area contributed by atoms with E-state index in [-0.39, 0.29) is 12.3 Å². The molecule has 2 N–H and O–H groups in total. The van der Waals surface area contributed by atoms with E-state index < -0.39 is 12.7 Å².